The summed E-state index contributed by atoms with van der Waals surface area (Å²) < 4.78 is 0. The Kier molecular flexibility index (Phi) is 4.24. The molecule has 6 heteroatoms. The van der Waals surface area contributed by atoms with Crippen LogP contribution in [0.25, 0.3) is 0 Å². The molecule has 1 aromatic carbocycles. The van der Waals surface area contributed by atoms with Crippen molar-refractivity contribution in [3.05, 3.63) is 35.9 Å². The number of rotatable bonds is 5. The zero-order chi connectivity index (χ0) is 14.7. The van der Waals surface area contributed by atoms with E-state index in [-0.39, 0.29) is 23.5 Å². The van der Waals surface area contributed by atoms with Gasteiger partial charge in [0.05, 0.1) is 6.54 Å². The summed E-state index contributed by atoms with van der Waals surface area (Å²) in [4.78, 5) is 29.9. The number of fused-ring (bicyclic) bond motifs is 1. The number of aliphatic imine (C=N–C) groups is 1. The summed E-state index contributed by atoms with van der Waals surface area (Å²) in [7, 11) is 0. The second-order valence-electron chi connectivity index (χ2n) is 5.05. The summed E-state index contributed by atoms with van der Waals surface area (Å²) in [5.74, 6) is -0.0481. The average molecular weight is 303 g/mol. The standard InChI is InChI=1S/C15H17N3O2S/c19-13(16-7-6-11-4-2-1-3-5-11)10-12-14(20)18-9-8-17-15(18)21-12/h1-5,12H,6-10H2,(H,16,19). The lowest BCUT2D eigenvalue weighted by Gasteiger charge is -2.10. The zero-order valence-corrected chi connectivity index (χ0v) is 12.4. The zero-order valence-electron chi connectivity index (χ0n) is 11.6. The van der Waals surface area contributed by atoms with Crippen LogP contribution in [0.4, 0.5) is 0 Å². The van der Waals surface area contributed by atoms with E-state index in [1.807, 2.05) is 30.3 Å². The molecule has 1 unspecified atom stereocenters. The van der Waals surface area contributed by atoms with Crippen molar-refractivity contribution in [1.82, 2.24) is 10.2 Å². The number of benzene rings is 1. The van der Waals surface area contributed by atoms with Gasteiger partial charge in [-0.1, -0.05) is 42.1 Å². The van der Waals surface area contributed by atoms with E-state index < -0.39 is 0 Å². The van der Waals surface area contributed by atoms with Crippen LogP contribution in [-0.4, -0.2) is 46.8 Å². The summed E-state index contributed by atoms with van der Waals surface area (Å²) in [6.07, 6.45) is 1.03. The number of hydrogen-bond acceptors (Lipinski definition) is 4. The first-order valence-corrected chi connectivity index (χ1v) is 7.95. The van der Waals surface area contributed by atoms with Crippen LogP contribution in [0.1, 0.15) is 12.0 Å². The fourth-order valence-electron chi connectivity index (χ4n) is 2.44. The SMILES string of the molecule is O=C(CC1SC2=NCCN2C1=O)NCCc1ccccc1. The summed E-state index contributed by atoms with van der Waals surface area (Å²) >= 11 is 1.41. The van der Waals surface area contributed by atoms with Gasteiger partial charge in [0, 0.05) is 19.5 Å². The lowest BCUT2D eigenvalue weighted by Crippen LogP contribution is -2.34. The van der Waals surface area contributed by atoms with Gasteiger partial charge in [-0.15, -0.1) is 0 Å². The van der Waals surface area contributed by atoms with Crippen molar-refractivity contribution in [3.63, 3.8) is 0 Å². The van der Waals surface area contributed by atoms with Crippen LogP contribution in [0.3, 0.4) is 0 Å². The molecule has 3 rings (SSSR count). The van der Waals surface area contributed by atoms with Gasteiger partial charge in [0.25, 0.3) is 0 Å². The van der Waals surface area contributed by atoms with E-state index in [2.05, 4.69) is 10.3 Å². The Bertz CT molecular complexity index is 574. The molecule has 5 nitrogen and oxygen atoms in total. The maximum Gasteiger partial charge on any atom is 0.242 e. The van der Waals surface area contributed by atoms with Crippen LogP contribution in [0.2, 0.25) is 0 Å². The van der Waals surface area contributed by atoms with Crippen LogP contribution < -0.4 is 5.32 Å². The molecular formula is C15H17N3O2S. The highest BCUT2D eigenvalue weighted by atomic mass is 32.2. The molecule has 2 heterocycles. The highest BCUT2D eigenvalue weighted by Crippen LogP contribution is 2.31. The second-order valence-corrected chi connectivity index (χ2v) is 6.22. The summed E-state index contributed by atoms with van der Waals surface area (Å²) in [6, 6.07) is 10.0. The maximum absolute atomic E-state index is 12.1. The fourth-order valence-corrected chi connectivity index (χ4v) is 3.64. The van der Waals surface area contributed by atoms with Crippen LogP contribution in [0, 0.1) is 0 Å². The first-order valence-electron chi connectivity index (χ1n) is 7.07. The fraction of sp³-hybridized carbons (Fsp3) is 0.400. The molecular weight excluding hydrogens is 286 g/mol. The molecule has 2 aliphatic rings. The lowest BCUT2D eigenvalue weighted by molar-refractivity contribution is -0.129. The topological polar surface area (TPSA) is 61.8 Å². The van der Waals surface area contributed by atoms with Crippen LogP contribution in [0.15, 0.2) is 35.3 Å². The minimum absolute atomic E-state index is 0.0226. The molecule has 2 aliphatic heterocycles. The van der Waals surface area contributed by atoms with E-state index in [4.69, 9.17) is 0 Å². The van der Waals surface area contributed by atoms with E-state index in [0.29, 0.717) is 19.6 Å². The van der Waals surface area contributed by atoms with Crippen molar-refractivity contribution in [2.75, 3.05) is 19.6 Å². The van der Waals surface area contributed by atoms with Crippen molar-refractivity contribution < 1.29 is 9.59 Å². The third kappa shape index (κ3) is 3.26. The van der Waals surface area contributed by atoms with E-state index >= 15 is 0 Å². The Hall–Kier alpha value is -1.82. The molecule has 0 bridgehead atoms. The smallest absolute Gasteiger partial charge is 0.242 e. The van der Waals surface area contributed by atoms with Gasteiger partial charge in [-0.3, -0.25) is 19.5 Å². The van der Waals surface area contributed by atoms with E-state index in [1.54, 1.807) is 4.90 Å². The number of hydrogen-bond donors (Lipinski definition) is 1. The number of nitrogens with one attached hydrogen (secondary N) is 1. The van der Waals surface area contributed by atoms with Crippen LogP contribution in [0.5, 0.6) is 0 Å². The van der Waals surface area contributed by atoms with E-state index in [1.165, 1.54) is 17.3 Å². The molecule has 1 N–H and O–H groups in total. The van der Waals surface area contributed by atoms with Crippen molar-refractivity contribution in [3.8, 4) is 0 Å². The van der Waals surface area contributed by atoms with Gasteiger partial charge < -0.3 is 5.32 Å². The molecule has 1 saturated heterocycles. The molecule has 0 saturated carbocycles. The van der Waals surface area contributed by atoms with Gasteiger partial charge in [-0.25, -0.2) is 0 Å². The Morgan fingerprint density at radius 3 is 2.95 bits per heavy atom. The summed E-state index contributed by atoms with van der Waals surface area (Å²) in [5.41, 5.74) is 1.19. The molecule has 0 radical (unpaired) electrons. The van der Waals surface area contributed by atoms with Gasteiger partial charge in [-0.05, 0) is 12.0 Å². The Morgan fingerprint density at radius 2 is 2.19 bits per heavy atom. The van der Waals surface area contributed by atoms with Crippen molar-refractivity contribution in [1.29, 1.82) is 0 Å². The minimum Gasteiger partial charge on any atom is -0.356 e. The molecule has 21 heavy (non-hydrogen) atoms. The van der Waals surface area contributed by atoms with Crippen LogP contribution >= 0.6 is 11.8 Å². The number of carbonyl (C=O) groups is 2. The van der Waals surface area contributed by atoms with Crippen molar-refractivity contribution in [2.45, 2.75) is 18.1 Å². The number of nitrogens with zero attached hydrogens (tertiary/aromatic N) is 2. The average Bonchev–Trinajstić information content (AvgIpc) is 3.05. The van der Waals surface area contributed by atoms with E-state index in [9.17, 15) is 9.59 Å². The summed E-state index contributed by atoms with van der Waals surface area (Å²) in [6.45, 7) is 1.94. The van der Waals surface area contributed by atoms with Gasteiger partial charge in [0.2, 0.25) is 11.8 Å². The number of amides is 2. The quantitative estimate of drug-likeness (QED) is 0.884. The molecule has 1 aromatic rings. The Labute approximate surface area is 127 Å². The first-order chi connectivity index (χ1) is 10.2. The molecule has 1 atom stereocenters. The Morgan fingerprint density at radius 1 is 1.38 bits per heavy atom. The number of thioether (sulfide) groups is 1. The van der Waals surface area contributed by atoms with Crippen molar-refractivity contribution in [2.24, 2.45) is 4.99 Å². The highest BCUT2D eigenvalue weighted by molar-refractivity contribution is 8.15. The molecule has 1 fully saturated rings. The van der Waals surface area contributed by atoms with Gasteiger partial charge >= 0.3 is 0 Å². The van der Waals surface area contributed by atoms with E-state index in [0.717, 1.165) is 11.6 Å². The minimum atomic E-state index is -0.305. The largest absolute Gasteiger partial charge is 0.356 e. The normalized spacial score (nSPS) is 20.4. The maximum atomic E-state index is 12.1. The predicted molar refractivity (Wildman–Crippen MR) is 83.2 cm³/mol. The monoisotopic (exact) mass is 303 g/mol. The molecule has 2 amide bonds. The van der Waals surface area contributed by atoms with Gasteiger partial charge in [0.15, 0.2) is 5.17 Å². The lowest BCUT2D eigenvalue weighted by atomic mass is 10.1. The van der Waals surface area contributed by atoms with Crippen molar-refractivity contribution >= 4 is 28.7 Å². The second kappa shape index (κ2) is 6.30. The third-order valence-electron chi connectivity index (χ3n) is 3.54. The molecule has 110 valence electrons. The number of amidine groups is 1. The van der Waals surface area contributed by atoms with Crippen LogP contribution in [-0.2, 0) is 16.0 Å². The summed E-state index contributed by atoms with van der Waals surface area (Å²) in [5, 5.41) is 3.36. The molecule has 0 aromatic heterocycles. The van der Waals surface area contributed by atoms with Gasteiger partial charge in [0.1, 0.15) is 5.25 Å². The molecule has 0 aliphatic carbocycles. The highest BCUT2D eigenvalue weighted by Gasteiger charge is 2.40. The third-order valence-corrected chi connectivity index (χ3v) is 4.75. The molecule has 0 spiro atoms. The first kappa shape index (κ1) is 14.1. The number of carbonyl (C=O) groups excluding carboxylic acids is 2. The predicted octanol–water partition coefficient (Wildman–Crippen LogP) is 1.05. The van der Waals surface area contributed by atoms with Gasteiger partial charge in [-0.2, -0.15) is 0 Å². The Balaban J connectivity index is 1.44.